The second-order valence-corrected chi connectivity index (χ2v) is 9.10. The van der Waals surface area contributed by atoms with Crippen LogP contribution in [0.1, 0.15) is 53.2 Å². The van der Waals surface area contributed by atoms with E-state index in [-0.39, 0.29) is 18.1 Å². The molecule has 0 spiro atoms. The summed E-state index contributed by atoms with van der Waals surface area (Å²) in [6, 6.07) is 32.7. The maximum Gasteiger partial charge on any atom is 0.130 e. The Morgan fingerprint density at radius 3 is 2.50 bits per heavy atom. The van der Waals surface area contributed by atoms with Gasteiger partial charge in [0.25, 0.3) is 0 Å². The van der Waals surface area contributed by atoms with Crippen LogP contribution in [0.3, 0.4) is 0 Å². The molecule has 4 atom stereocenters. The molecule has 32 heavy (non-hydrogen) atoms. The Morgan fingerprint density at radius 1 is 0.812 bits per heavy atom. The van der Waals surface area contributed by atoms with Crippen LogP contribution in [0.2, 0.25) is 0 Å². The van der Waals surface area contributed by atoms with E-state index in [9.17, 15) is 0 Å². The molecule has 0 radical (unpaired) electrons. The lowest BCUT2D eigenvalue weighted by Crippen LogP contribution is -2.35. The Hall–Kier alpha value is -3.34. The number of fused-ring (bicyclic) bond motifs is 7. The number of rotatable bonds is 4. The standard InChI is InChI=1S/C31H26O/c1-21(15-16-22-9-3-2-4-10-22)31-27-19-17-23-11-5-7-13-25(23)29(27)30-26-14-8-6-12-24(26)18-20-28(30)32-31/h2-14,17,19,21,28,30-31H,15-16H2,1H3/t21?,28-,30+,31+/m1/s1. The highest BCUT2D eigenvalue weighted by molar-refractivity contribution is 5.88. The fourth-order valence-corrected chi connectivity index (χ4v) is 5.47. The Balaban J connectivity index is 1.45. The minimum atomic E-state index is -0.104. The van der Waals surface area contributed by atoms with Gasteiger partial charge in [0, 0.05) is 11.5 Å². The first-order valence-electron chi connectivity index (χ1n) is 11.6. The summed E-state index contributed by atoms with van der Waals surface area (Å²) < 4.78 is 6.80. The van der Waals surface area contributed by atoms with E-state index >= 15 is 0 Å². The van der Waals surface area contributed by atoms with E-state index in [4.69, 9.17) is 4.74 Å². The Morgan fingerprint density at radius 2 is 1.59 bits per heavy atom. The van der Waals surface area contributed by atoms with Gasteiger partial charge >= 0.3 is 0 Å². The molecule has 0 fully saturated rings. The van der Waals surface area contributed by atoms with Crippen LogP contribution in [0.15, 0.2) is 91.0 Å². The van der Waals surface area contributed by atoms with E-state index in [1.165, 1.54) is 33.0 Å². The molecule has 4 aromatic carbocycles. The number of aryl methyl sites for hydroxylation is 1. The van der Waals surface area contributed by atoms with Gasteiger partial charge in [-0.25, -0.2) is 0 Å². The molecular weight excluding hydrogens is 388 g/mol. The van der Waals surface area contributed by atoms with Gasteiger partial charge in [0.15, 0.2) is 0 Å². The normalized spacial score (nSPS) is 21.6. The summed E-state index contributed by atoms with van der Waals surface area (Å²) >= 11 is 0. The second kappa shape index (κ2) is 7.97. The molecular formula is C31H26O. The van der Waals surface area contributed by atoms with E-state index < -0.39 is 0 Å². The van der Waals surface area contributed by atoms with Crippen LogP contribution in [0.25, 0.3) is 10.8 Å². The van der Waals surface area contributed by atoms with Crippen molar-refractivity contribution in [1.29, 1.82) is 0 Å². The molecule has 4 aromatic rings. The molecule has 1 aliphatic carbocycles. The average molecular weight is 415 g/mol. The quantitative estimate of drug-likeness (QED) is 0.325. The van der Waals surface area contributed by atoms with Crippen molar-refractivity contribution in [2.45, 2.75) is 37.9 Å². The Kier molecular flexibility index (Phi) is 4.82. The number of hydrogen-bond acceptors (Lipinski definition) is 1. The van der Waals surface area contributed by atoms with E-state index in [0.717, 1.165) is 18.4 Å². The highest BCUT2D eigenvalue weighted by atomic mass is 16.5. The van der Waals surface area contributed by atoms with Crippen molar-refractivity contribution in [2.75, 3.05) is 0 Å². The molecule has 156 valence electrons. The molecule has 1 aliphatic heterocycles. The first kappa shape index (κ1) is 19.4. The first-order chi connectivity index (χ1) is 15.8. The highest BCUT2D eigenvalue weighted by Crippen LogP contribution is 2.49. The molecule has 1 heteroatoms. The van der Waals surface area contributed by atoms with E-state index in [2.05, 4.69) is 110 Å². The van der Waals surface area contributed by atoms with Crippen LogP contribution >= 0.6 is 0 Å². The minimum absolute atomic E-state index is 0.0548. The average Bonchev–Trinajstić information content (AvgIpc) is 2.86. The van der Waals surface area contributed by atoms with Gasteiger partial charge in [0.1, 0.15) is 6.10 Å². The predicted molar refractivity (Wildman–Crippen MR) is 131 cm³/mol. The molecule has 0 aromatic heterocycles. The van der Waals surface area contributed by atoms with Gasteiger partial charge in [-0.2, -0.15) is 0 Å². The summed E-state index contributed by atoms with van der Waals surface area (Å²) in [5, 5.41) is 2.63. The molecule has 2 aliphatic rings. The molecule has 0 saturated carbocycles. The van der Waals surface area contributed by atoms with Crippen molar-refractivity contribution >= 4 is 10.8 Å². The zero-order valence-corrected chi connectivity index (χ0v) is 18.3. The van der Waals surface area contributed by atoms with Gasteiger partial charge in [0.2, 0.25) is 0 Å². The molecule has 6 rings (SSSR count). The smallest absolute Gasteiger partial charge is 0.130 e. The topological polar surface area (TPSA) is 9.23 Å². The molecule has 0 bridgehead atoms. The summed E-state index contributed by atoms with van der Waals surface area (Å²) in [5.41, 5.74) is 6.57. The third-order valence-electron chi connectivity index (χ3n) is 7.11. The third kappa shape index (κ3) is 3.24. The van der Waals surface area contributed by atoms with E-state index in [0.29, 0.717) is 5.92 Å². The fourth-order valence-electron chi connectivity index (χ4n) is 5.47. The van der Waals surface area contributed by atoms with Crippen LogP contribution in [-0.4, -0.2) is 6.10 Å². The number of ether oxygens (including phenoxy) is 1. The largest absolute Gasteiger partial charge is 0.356 e. The lowest BCUT2D eigenvalue weighted by molar-refractivity contribution is -0.0362. The molecule has 1 unspecified atom stereocenters. The summed E-state index contributed by atoms with van der Waals surface area (Å²) in [6.45, 7) is 2.33. The van der Waals surface area contributed by atoms with Crippen LogP contribution in [0, 0.1) is 17.8 Å². The molecule has 1 nitrogen and oxygen atoms in total. The summed E-state index contributed by atoms with van der Waals surface area (Å²) in [7, 11) is 0. The summed E-state index contributed by atoms with van der Waals surface area (Å²) in [4.78, 5) is 0. The van der Waals surface area contributed by atoms with Crippen molar-refractivity contribution in [3.8, 4) is 11.8 Å². The monoisotopic (exact) mass is 414 g/mol. The van der Waals surface area contributed by atoms with Crippen LogP contribution in [0.4, 0.5) is 0 Å². The van der Waals surface area contributed by atoms with E-state index in [1.54, 1.807) is 0 Å². The minimum Gasteiger partial charge on any atom is -0.356 e. The van der Waals surface area contributed by atoms with Crippen molar-refractivity contribution < 1.29 is 4.74 Å². The zero-order chi connectivity index (χ0) is 21.5. The van der Waals surface area contributed by atoms with Gasteiger partial charge in [0.05, 0.1) is 6.10 Å². The highest BCUT2D eigenvalue weighted by Gasteiger charge is 2.40. The lowest BCUT2D eigenvalue weighted by Gasteiger charge is -2.41. The van der Waals surface area contributed by atoms with Gasteiger partial charge in [-0.3, -0.25) is 0 Å². The fraction of sp³-hybridized carbons (Fsp3) is 0.226. The zero-order valence-electron chi connectivity index (χ0n) is 18.3. The van der Waals surface area contributed by atoms with Gasteiger partial charge in [-0.1, -0.05) is 104 Å². The Labute approximate surface area is 190 Å². The van der Waals surface area contributed by atoms with Gasteiger partial charge in [-0.05, 0) is 57.9 Å². The van der Waals surface area contributed by atoms with Crippen LogP contribution in [-0.2, 0) is 11.2 Å². The van der Waals surface area contributed by atoms with Crippen molar-refractivity contribution in [2.24, 2.45) is 5.92 Å². The molecule has 0 N–H and O–H groups in total. The van der Waals surface area contributed by atoms with Crippen LogP contribution < -0.4 is 0 Å². The predicted octanol–water partition coefficient (Wildman–Crippen LogP) is 7.05. The van der Waals surface area contributed by atoms with Crippen molar-refractivity contribution in [3.05, 3.63) is 119 Å². The Bertz CT molecular complexity index is 1340. The SMILES string of the molecule is CC(CCc1ccccc1)[C@@H]1O[C@@H]2C#Cc3ccccc3[C@@H]2c2c1ccc1ccccc21. The third-order valence-corrected chi connectivity index (χ3v) is 7.11. The van der Waals surface area contributed by atoms with Gasteiger partial charge < -0.3 is 4.74 Å². The molecule has 0 amide bonds. The second-order valence-electron chi connectivity index (χ2n) is 9.10. The maximum absolute atomic E-state index is 6.80. The number of benzene rings is 4. The first-order valence-corrected chi connectivity index (χ1v) is 11.6. The van der Waals surface area contributed by atoms with E-state index in [1.807, 2.05) is 0 Å². The summed E-state index contributed by atoms with van der Waals surface area (Å²) in [5.74, 6) is 7.41. The number of hydrogen-bond donors (Lipinski definition) is 0. The molecule has 1 heterocycles. The van der Waals surface area contributed by atoms with Crippen LogP contribution in [0.5, 0.6) is 0 Å². The van der Waals surface area contributed by atoms with Crippen molar-refractivity contribution in [3.63, 3.8) is 0 Å². The summed E-state index contributed by atoms with van der Waals surface area (Å²) in [6.07, 6.45) is 2.10. The van der Waals surface area contributed by atoms with Crippen molar-refractivity contribution in [1.82, 2.24) is 0 Å². The molecule has 0 saturated heterocycles. The lowest BCUT2D eigenvalue weighted by atomic mass is 9.73. The maximum atomic E-state index is 6.80. The van der Waals surface area contributed by atoms with Gasteiger partial charge in [-0.15, -0.1) is 0 Å².